The molecule has 0 amide bonds. The Labute approximate surface area is 135 Å². The van der Waals surface area contributed by atoms with Crippen molar-refractivity contribution in [2.24, 2.45) is 0 Å². The van der Waals surface area contributed by atoms with Crippen LogP contribution in [0.25, 0.3) is 0 Å². The van der Waals surface area contributed by atoms with Crippen LogP contribution in [0, 0.1) is 0 Å². The van der Waals surface area contributed by atoms with E-state index in [1.54, 1.807) is 18.2 Å². The van der Waals surface area contributed by atoms with E-state index in [0.29, 0.717) is 11.5 Å². The first kappa shape index (κ1) is 16.1. The molecule has 1 heterocycles. The smallest absolute Gasteiger partial charge is 0.373 e. The van der Waals surface area contributed by atoms with E-state index >= 15 is 0 Å². The van der Waals surface area contributed by atoms with E-state index in [2.05, 4.69) is 20.7 Å². The summed E-state index contributed by atoms with van der Waals surface area (Å²) in [5.74, 6) is -0.181. The van der Waals surface area contributed by atoms with E-state index in [-0.39, 0.29) is 19.0 Å². The maximum atomic E-state index is 11.6. The molecule has 22 heavy (non-hydrogen) atoms. The number of rotatable bonds is 6. The second-order valence-corrected chi connectivity index (χ2v) is 5.08. The van der Waals surface area contributed by atoms with Crippen LogP contribution in [-0.4, -0.2) is 25.7 Å². The van der Waals surface area contributed by atoms with Gasteiger partial charge in [-0.1, -0.05) is 22.0 Å². The highest BCUT2D eigenvalue weighted by molar-refractivity contribution is 9.10. The molecule has 0 spiro atoms. The zero-order chi connectivity index (χ0) is 15.9. The molecular formula is C15H13BrO6. The summed E-state index contributed by atoms with van der Waals surface area (Å²) >= 11 is 3.30. The molecule has 0 saturated heterocycles. The van der Waals surface area contributed by atoms with E-state index in [1.165, 1.54) is 19.2 Å². The van der Waals surface area contributed by atoms with Crippen molar-refractivity contribution in [1.29, 1.82) is 0 Å². The molecule has 0 aliphatic heterocycles. The molecule has 0 aliphatic rings. The molecular weight excluding hydrogens is 356 g/mol. The van der Waals surface area contributed by atoms with Crippen LogP contribution in [0.3, 0.4) is 0 Å². The molecule has 0 radical (unpaired) electrons. The zero-order valence-corrected chi connectivity index (χ0v) is 13.3. The number of halogens is 1. The lowest BCUT2D eigenvalue weighted by Crippen LogP contribution is -2.14. The fourth-order valence-electron chi connectivity index (χ4n) is 1.56. The predicted octanol–water partition coefficient (Wildman–Crippen LogP) is 2.95. The van der Waals surface area contributed by atoms with Gasteiger partial charge in [-0.2, -0.15) is 0 Å². The predicted molar refractivity (Wildman–Crippen MR) is 79.5 cm³/mol. The van der Waals surface area contributed by atoms with Crippen molar-refractivity contribution in [3.63, 3.8) is 0 Å². The van der Waals surface area contributed by atoms with Gasteiger partial charge in [-0.3, -0.25) is 0 Å². The Bertz CT molecular complexity index is 664. The van der Waals surface area contributed by atoms with Gasteiger partial charge in [-0.25, -0.2) is 9.59 Å². The van der Waals surface area contributed by atoms with Gasteiger partial charge in [-0.15, -0.1) is 0 Å². The Hall–Kier alpha value is -2.28. The van der Waals surface area contributed by atoms with Crippen LogP contribution < -0.4 is 4.74 Å². The van der Waals surface area contributed by atoms with Crippen molar-refractivity contribution in [3.8, 4) is 5.75 Å². The summed E-state index contributed by atoms with van der Waals surface area (Å²) in [6, 6.07) is 10.1. The van der Waals surface area contributed by atoms with Crippen LogP contribution in [-0.2, 0) is 20.9 Å². The third-order valence-electron chi connectivity index (χ3n) is 2.58. The zero-order valence-electron chi connectivity index (χ0n) is 11.7. The number of esters is 2. The largest absolute Gasteiger partial charge is 0.482 e. The lowest BCUT2D eigenvalue weighted by molar-refractivity contribution is -0.147. The summed E-state index contributed by atoms with van der Waals surface area (Å²) in [6.45, 7) is -0.307. The first-order valence-corrected chi connectivity index (χ1v) is 7.09. The van der Waals surface area contributed by atoms with Gasteiger partial charge in [0, 0.05) is 4.47 Å². The fraction of sp³-hybridized carbons (Fsp3) is 0.200. The maximum Gasteiger partial charge on any atom is 0.373 e. The Morgan fingerprint density at radius 2 is 2.05 bits per heavy atom. The molecule has 0 fully saturated rings. The SMILES string of the molecule is COC(=O)c1ccc(COC(=O)COc2cccc(Br)c2)o1. The standard InChI is InChI=1S/C15H13BrO6/c1-19-15(18)13-6-5-12(22-13)8-21-14(17)9-20-11-4-2-3-10(16)7-11/h2-7H,8-9H2,1H3. The summed E-state index contributed by atoms with van der Waals surface area (Å²) in [5, 5.41) is 0. The van der Waals surface area contributed by atoms with Gasteiger partial charge in [0.2, 0.25) is 5.76 Å². The highest BCUT2D eigenvalue weighted by Crippen LogP contribution is 2.17. The minimum absolute atomic E-state index is 0.0546. The number of hydrogen-bond donors (Lipinski definition) is 0. The molecule has 1 aromatic carbocycles. The third kappa shape index (κ3) is 4.63. The number of ether oxygens (including phenoxy) is 3. The number of methoxy groups -OCH3 is 1. The second kappa shape index (κ2) is 7.65. The average molecular weight is 369 g/mol. The van der Waals surface area contributed by atoms with Crippen molar-refractivity contribution in [2.45, 2.75) is 6.61 Å². The highest BCUT2D eigenvalue weighted by Gasteiger charge is 2.12. The third-order valence-corrected chi connectivity index (χ3v) is 3.07. The number of furan rings is 1. The molecule has 0 N–H and O–H groups in total. The molecule has 7 heteroatoms. The molecule has 0 atom stereocenters. The monoisotopic (exact) mass is 368 g/mol. The van der Waals surface area contributed by atoms with Crippen LogP contribution in [0.1, 0.15) is 16.3 Å². The fourth-order valence-corrected chi connectivity index (χ4v) is 1.94. The molecule has 0 bridgehead atoms. The van der Waals surface area contributed by atoms with Crippen molar-refractivity contribution in [2.75, 3.05) is 13.7 Å². The van der Waals surface area contributed by atoms with Crippen LogP contribution in [0.2, 0.25) is 0 Å². The maximum absolute atomic E-state index is 11.6. The van der Waals surface area contributed by atoms with Gasteiger partial charge in [0.15, 0.2) is 6.61 Å². The Kier molecular flexibility index (Phi) is 5.60. The van der Waals surface area contributed by atoms with Gasteiger partial charge in [0.1, 0.15) is 18.1 Å². The number of carbonyl (C=O) groups is 2. The lowest BCUT2D eigenvalue weighted by atomic mass is 10.3. The van der Waals surface area contributed by atoms with E-state index in [4.69, 9.17) is 13.9 Å². The molecule has 0 unspecified atom stereocenters. The van der Waals surface area contributed by atoms with Crippen molar-refractivity contribution >= 4 is 27.9 Å². The van der Waals surface area contributed by atoms with Gasteiger partial charge in [-0.05, 0) is 30.3 Å². The minimum Gasteiger partial charge on any atom is -0.482 e. The Morgan fingerprint density at radius 1 is 1.23 bits per heavy atom. The van der Waals surface area contributed by atoms with Crippen molar-refractivity contribution < 1.29 is 28.2 Å². The first-order chi connectivity index (χ1) is 10.6. The molecule has 116 valence electrons. The van der Waals surface area contributed by atoms with Crippen LogP contribution in [0.5, 0.6) is 5.75 Å². The van der Waals surface area contributed by atoms with Gasteiger partial charge < -0.3 is 18.6 Å². The quantitative estimate of drug-likeness (QED) is 0.729. The molecule has 2 rings (SSSR count). The van der Waals surface area contributed by atoms with Crippen molar-refractivity contribution in [1.82, 2.24) is 0 Å². The summed E-state index contributed by atoms with van der Waals surface area (Å²) < 4.78 is 20.8. The number of carbonyl (C=O) groups excluding carboxylic acids is 2. The topological polar surface area (TPSA) is 75.0 Å². The van der Waals surface area contributed by atoms with Gasteiger partial charge in [0.05, 0.1) is 7.11 Å². The second-order valence-electron chi connectivity index (χ2n) is 4.16. The van der Waals surface area contributed by atoms with Crippen LogP contribution in [0.4, 0.5) is 0 Å². The minimum atomic E-state index is -0.587. The van der Waals surface area contributed by atoms with E-state index < -0.39 is 11.9 Å². The lowest BCUT2D eigenvalue weighted by Gasteiger charge is -2.06. The summed E-state index contributed by atoms with van der Waals surface area (Å²) in [6.07, 6.45) is 0. The Balaban J connectivity index is 1.78. The highest BCUT2D eigenvalue weighted by atomic mass is 79.9. The normalized spacial score (nSPS) is 10.1. The van der Waals surface area contributed by atoms with E-state index in [0.717, 1.165) is 4.47 Å². The van der Waals surface area contributed by atoms with E-state index in [1.807, 2.05) is 6.07 Å². The summed E-state index contributed by atoms with van der Waals surface area (Å²) in [7, 11) is 1.25. The van der Waals surface area contributed by atoms with Crippen LogP contribution >= 0.6 is 15.9 Å². The average Bonchev–Trinajstić information content (AvgIpc) is 2.99. The molecule has 0 saturated carbocycles. The Morgan fingerprint density at radius 3 is 2.77 bits per heavy atom. The molecule has 0 aliphatic carbocycles. The van der Waals surface area contributed by atoms with Gasteiger partial charge >= 0.3 is 11.9 Å². The number of benzene rings is 1. The molecule has 6 nitrogen and oxygen atoms in total. The summed E-state index contributed by atoms with van der Waals surface area (Å²) in [5.41, 5.74) is 0. The van der Waals surface area contributed by atoms with E-state index in [9.17, 15) is 9.59 Å². The molecule has 2 aromatic rings. The molecule has 1 aromatic heterocycles. The first-order valence-electron chi connectivity index (χ1n) is 6.29. The number of hydrogen-bond acceptors (Lipinski definition) is 6. The summed E-state index contributed by atoms with van der Waals surface area (Å²) in [4.78, 5) is 22.8. The van der Waals surface area contributed by atoms with Crippen LogP contribution in [0.15, 0.2) is 45.3 Å². The van der Waals surface area contributed by atoms with Gasteiger partial charge in [0.25, 0.3) is 0 Å². The van der Waals surface area contributed by atoms with Crippen molar-refractivity contribution in [3.05, 3.63) is 52.4 Å².